The van der Waals surface area contributed by atoms with E-state index in [0.29, 0.717) is 93.7 Å². The third kappa shape index (κ3) is 9.75. The number of carbonyl (C=O) groups is 4. The Kier molecular flexibility index (Phi) is 14.0. The van der Waals surface area contributed by atoms with Crippen molar-refractivity contribution in [1.82, 2.24) is 10.2 Å². The van der Waals surface area contributed by atoms with Crippen molar-refractivity contribution in [3.63, 3.8) is 0 Å². The highest BCUT2D eigenvalue weighted by Crippen LogP contribution is 2.48. The number of aryl methyl sites for hydroxylation is 1. The molecule has 0 saturated carbocycles. The number of phenolic OH excluding ortho intramolecular Hbond substituents is 2. The van der Waals surface area contributed by atoms with Gasteiger partial charge < -0.3 is 39.8 Å². The number of amides is 2. The Labute approximate surface area is 339 Å². The van der Waals surface area contributed by atoms with Crippen LogP contribution in [-0.4, -0.2) is 91.3 Å². The minimum atomic E-state index is -0.997. The highest BCUT2D eigenvalue weighted by atomic mass is 16.5. The summed E-state index contributed by atoms with van der Waals surface area (Å²) in [5.74, 6) is -1.92. The fourth-order valence-corrected chi connectivity index (χ4v) is 8.38. The number of para-hydroxylation sites is 1. The number of phenols is 2. The SMILES string of the molecule is COc1cc(C(CC(=O)NC2CCN(C3CCc4ccccc4NC3=O)CC2)c2c(O)cc3c(c2O)C(=O)O[C@@H](C)CCCC(=O)CCC/C=C/3)cc(OC)c1OC. The number of cyclic esters (lactones) is 1. The Morgan fingerprint density at radius 2 is 1.64 bits per heavy atom. The fourth-order valence-electron chi connectivity index (χ4n) is 8.38. The van der Waals surface area contributed by atoms with Crippen molar-refractivity contribution in [1.29, 1.82) is 0 Å². The van der Waals surface area contributed by atoms with Gasteiger partial charge in [0.15, 0.2) is 11.5 Å². The van der Waals surface area contributed by atoms with Crippen LogP contribution in [0, 0.1) is 0 Å². The maximum absolute atomic E-state index is 14.1. The van der Waals surface area contributed by atoms with E-state index >= 15 is 0 Å². The van der Waals surface area contributed by atoms with Gasteiger partial charge in [0.05, 0.1) is 33.5 Å². The Hall–Kier alpha value is -5.56. The van der Waals surface area contributed by atoms with Gasteiger partial charge in [-0.15, -0.1) is 0 Å². The quantitative estimate of drug-likeness (QED) is 0.171. The predicted octanol–water partition coefficient (Wildman–Crippen LogP) is 6.66. The van der Waals surface area contributed by atoms with Gasteiger partial charge in [0.2, 0.25) is 17.6 Å². The fraction of sp³-hybridized carbons (Fsp3) is 0.467. The normalized spacial score (nSPS) is 20.9. The second-order valence-corrected chi connectivity index (χ2v) is 15.4. The molecule has 3 aliphatic rings. The molecule has 1 saturated heterocycles. The van der Waals surface area contributed by atoms with Crippen molar-refractivity contribution in [2.24, 2.45) is 0 Å². The number of nitrogens with zero attached hydrogens (tertiary/aromatic N) is 1. The van der Waals surface area contributed by atoms with E-state index in [0.717, 1.165) is 17.7 Å². The minimum Gasteiger partial charge on any atom is -0.507 e. The zero-order valence-electron chi connectivity index (χ0n) is 33.8. The molecule has 3 aliphatic heterocycles. The van der Waals surface area contributed by atoms with E-state index in [-0.39, 0.29) is 58.5 Å². The number of hydrogen-bond donors (Lipinski definition) is 4. The summed E-state index contributed by atoms with van der Waals surface area (Å²) in [7, 11) is 4.40. The average Bonchev–Trinajstić information content (AvgIpc) is 3.37. The summed E-state index contributed by atoms with van der Waals surface area (Å²) < 4.78 is 22.6. The van der Waals surface area contributed by atoms with Crippen molar-refractivity contribution >= 4 is 35.3 Å². The van der Waals surface area contributed by atoms with E-state index in [9.17, 15) is 29.4 Å². The lowest BCUT2D eigenvalue weighted by molar-refractivity contribution is -0.124. The number of esters is 1. The number of likely N-dealkylation sites (tertiary alicyclic amines) is 1. The van der Waals surface area contributed by atoms with Gasteiger partial charge in [-0.1, -0.05) is 30.4 Å². The molecule has 0 aliphatic carbocycles. The molecule has 3 heterocycles. The largest absolute Gasteiger partial charge is 0.507 e. The van der Waals surface area contributed by atoms with E-state index in [1.54, 1.807) is 31.2 Å². The molecule has 2 unspecified atom stereocenters. The molecule has 310 valence electrons. The first-order valence-electron chi connectivity index (χ1n) is 20.2. The van der Waals surface area contributed by atoms with Crippen LogP contribution in [0.25, 0.3) is 6.08 Å². The molecule has 13 nitrogen and oxygen atoms in total. The molecule has 6 rings (SSSR count). The number of ether oxygens (including phenoxy) is 4. The molecule has 1 fully saturated rings. The van der Waals surface area contributed by atoms with Gasteiger partial charge in [-0.3, -0.25) is 19.3 Å². The van der Waals surface area contributed by atoms with E-state index in [1.807, 2.05) is 24.3 Å². The van der Waals surface area contributed by atoms with Crippen LogP contribution in [0.15, 0.2) is 48.5 Å². The lowest BCUT2D eigenvalue weighted by Crippen LogP contribution is -2.51. The number of piperidine rings is 1. The second kappa shape index (κ2) is 19.3. The molecule has 3 atom stereocenters. The molecule has 0 bridgehead atoms. The highest BCUT2D eigenvalue weighted by molar-refractivity contribution is 5.98. The molecule has 0 spiro atoms. The number of Topliss-reactive ketones (excluding diaryl/α,β-unsaturated/α-hetero) is 1. The van der Waals surface area contributed by atoms with Gasteiger partial charge in [0.25, 0.3) is 0 Å². The van der Waals surface area contributed by atoms with Crippen LogP contribution in [0.3, 0.4) is 0 Å². The van der Waals surface area contributed by atoms with E-state index in [2.05, 4.69) is 15.5 Å². The number of methoxy groups -OCH3 is 3. The molecule has 3 aromatic rings. The van der Waals surface area contributed by atoms with Crippen molar-refractivity contribution in [3.05, 3.63) is 76.4 Å². The topological polar surface area (TPSA) is 173 Å². The molecule has 0 aromatic heterocycles. The zero-order valence-corrected chi connectivity index (χ0v) is 33.8. The lowest BCUT2D eigenvalue weighted by atomic mass is 9.84. The van der Waals surface area contributed by atoms with Crippen LogP contribution in [0.1, 0.15) is 110 Å². The molecule has 13 heteroatoms. The highest BCUT2D eigenvalue weighted by Gasteiger charge is 2.35. The zero-order chi connectivity index (χ0) is 41.3. The number of allylic oxidation sites excluding steroid dienone is 1. The monoisotopic (exact) mass is 797 g/mol. The summed E-state index contributed by atoms with van der Waals surface area (Å²) in [6, 6.07) is 12.1. The smallest absolute Gasteiger partial charge is 0.342 e. The summed E-state index contributed by atoms with van der Waals surface area (Å²) in [5, 5.41) is 30.1. The number of benzene rings is 3. The van der Waals surface area contributed by atoms with Gasteiger partial charge in [0.1, 0.15) is 22.8 Å². The van der Waals surface area contributed by atoms with Gasteiger partial charge in [-0.2, -0.15) is 0 Å². The minimum absolute atomic E-state index is 0.0230. The Balaban J connectivity index is 1.29. The molecular weight excluding hydrogens is 743 g/mol. The number of fused-ring (bicyclic) bond motifs is 2. The van der Waals surface area contributed by atoms with Crippen LogP contribution < -0.4 is 24.8 Å². The van der Waals surface area contributed by atoms with Crippen LogP contribution in [0.4, 0.5) is 5.69 Å². The first-order valence-corrected chi connectivity index (χ1v) is 20.2. The number of carbonyl (C=O) groups excluding carboxylic acids is 4. The maximum atomic E-state index is 14.1. The molecule has 4 N–H and O–H groups in total. The summed E-state index contributed by atoms with van der Waals surface area (Å²) in [6.07, 6.45) is 8.42. The molecule has 58 heavy (non-hydrogen) atoms. The van der Waals surface area contributed by atoms with Gasteiger partial charge in [0, 0.05) is 55.6 Å². The van der Waals surface area contributed by atoms with Crippen molar-refractivity contribution in [2.75, 3.05) is 39.7 Å². The number of rotatable bonds is 9. The average molecular weight is 798 g/mol. The summed E-state index contributed by atoms with van der Waals surface area (Å²) >= 11 is 0. The molecule has 0 radical (unpaired) electrons. The third-order valence-electron chi connectivity index (χ3n) is 11.5. The number of ketones is 1. The number of aromatic hydroxyl groups is 2. The van der Waals surface area contributed by atoms with E-state index < -0.39 is 23.7 Å². The Morgan fingerprint density at radius 1 is 0.931 bits per heavy atom. The Morgan fingerprint density at radius 3 is 2.34 bits per heavy atom. The lowest BCUT2D eigenvalue weighted by Gasteiger charge is -2.36. The van der Waals surface area contributed by atoms with Crippen molar-refractivity contribution in [2.45, 2.75) is 102 Å². The Bertz CT molecular complexity index is 2000. The van der Waals surface area contributed by atoms with Gasteiger partial charge in [-0.25, -0.2) is 4.79 Å². The van der Waals surface area contributed by atoms with Gasteiger partial charge >= 0.3 is 5.97 Å². The van der Waals surface area contributed by atoms with Crippen LogP contribution >= 0.6 is 0 Å². The first kappa shape index (κ1) is 42.1. The number of anilines is 1. The molecule has 3 aromatic carbocycles. The second-order valence-electron chi connectivity index (χ2n) is 15.4. The van der Waals surface area contributed by atoms with Crippen LogP contribution in [0.2, 0.25) is 0 Å². The van der Waals surface area contributed by atoms with Crippen molar-refractivity contribution in [3.8, 4) is 28.7 Å². The first-order chi connectivity index (χ1) is 28.0. The molecular formula is C45H55N3O10. The predicted molar refractivity (Wildman–Crippen MR) is 219 cm³/mol. The maximum Gasteiger partial charge on any atom is 0.342 e. The summed E-state index contributed by atoms with van der Waals surface area (Å²) in [6.45, 7) is 2.97. The summed E-state index contributed by atoms with van der Waals surface area (Å²) in [4.78, 5) is 55.7. The van der Waals surface area contributed by atoms with E-state index in [4.69, 9.17) is 18.9 Å². The summed E-state index contributed by atoms with van der Waals surface area (Å²) in [5.41, 5.74) is 2.49. The number of hydrogen-bond acceptors (Lipinski definition) is 11. The standard InChI is InChI=1S/C45H55N3O10/c1-27-11-10-15-32(49)14-7-5-6-13-29-23-36(50)41(42(52)40(29)45(54)58-27)33(30-24-37(55-2)43(57-4)38(25-30)56-3)26-39(51)46-31-19-21-48(22-20-31)35-18-17-28-12-8-9-16-34(28)47-44(35)53/h6,8-9,12-13,16,23-25,27,31,33,35,50,52H,5,7,10-11,14-15,17-22,26H2,1-4H3,(H,46,51)(H,47,53)/b13-6+/t27-,33?,35?/m0/s1. The van der Waals surface area contributed by atoms with Crippen molar-refractivity contribution < 1.29 is 48.3 Å². The third-order valence-corrected chi connectivity index (χ3v) is 11.5. The number of nitrogens with one attached hydrogen (secondary N) is 2. The molecule has 2 amide bonds. The van der Waals surface area contributed by atoms with Crippen LogP contribution in [-0.2, 0) is 25.5 Å². The van der Waals surface area contributed by atoms with Crippen LogP contribution in [0.5, 0.6) is 28.7 Å². The van der Waals surface area contributed by atoms with E-state index in [1.165, 1.54) is 27.4 Å². The van der Waals surface area contributed by atoms with Gasteiger partial charge in [-0.05, 0) is 99.2 Å².